The summed E-state index contributed by atoms with van der Waals surface area (Å²) in [5, 5.41) is 0. The van der Waals surface area contributed by atoms with E-state index in [1.165, 1.54) is 7.11 Å². The number of carbonyl (C=O) groups excluding carboxylic acids is 2. The van der Waals surface area contributed by atoms with Crippen molar-refractivity contribution in [3.8, 4) is 0 Å². The zero-order valence-corrected chi connectivity index (χ0v) is 23.1. The lowest BCUT2D eigenvalue weighted by Crippen LogP contribution is -2.47. The highest BCUT2D eigenvalue weighted by atomic mass is 127. The smallest absolute Gasteiger partial charge is 0.355 e. The lowest BCUT2D eigenvalue weighted by Gasteiger charge is -2.44. The molecule has 0 unspecified atom stereocenters. The third-order valence-electron chi connectivity index (χ3n) is 6.82. The molecular formula is C32H27IN2O3. The van der Waals surface area contributed by atoms with Gasteiger partial charge in [-0.25, -0.2) is 4.79 Å². The Morgan fingerprint density at radius 3 is 1.79 bits per heavy atom. The summed E-state index contributed by atoms with van der Waals surface area (Å²) in [5.74, 6) is -0.545. The molecule has 0 radical (unpaired) electrons. The second-order valence-corrected chi connectivity index (χ2v) is 10.3. The molecule has 1 aliphatic rings. The van der Waals surface area contributed by atoms with Crippen molar-refractivity contribution in [3.05, 3.63) is 153 Å². The number of carbonyl (C=O) groups is 2. The average molecular weight is 614 g/mol. The predicted octanol–water partition coefficient (Wildman–Crippen LogP) is 6.06. The molecule has 0 spiro atoms. The number of Topliss-reactive ketones (excluding diaryl/α,β-unsaturated/α-hetero) is 1. The molecule has 4 aromatic rings. The number of benzene rings is 4. The van der Waals surface area contributed by atoms with E-state index in [2.05, 4.69) is 63.9 Å². The minimum absolute atomic E-state index is 0.0476. The van der Waals surface area contributed by atoms with E-state index in [0.29, 0.717) is 17.9 Å². The van der Waals surface area contributed by atoms with Crippen LogP contribution in [0.5, 0.6) is 0 Å². The average Bonchev–Trinajstić information content (AvgIpc) is 3.38. The van der Waals surface area contributed by atoms with Crippen LogP contribution in [0.3, 0.4) is 0 Å². The zero-order chi connectivity index (χ0) is 26.5. The minimum Gasteiger partial charge on any atom is -0.464 e. The Hall–Kier alpha value is -3.91. The molecule has 5 nitrogen and oxygen atoms in total. The van der Waals surface area contributed by atoms with E-state index in [1.54, 1.807) is 4.90 Å². The van der Waals surface area contributed by atoms with Crippen LogP contribution < -0.4 is 0 Å². The summed E-state index contributed by atoms with van der Waals surface area (Å²) in [4.78, 5) is 30.3. The maximum Gasteiger partial charge on any atom is 0.355 e. The van der Waals surface area contributed by atoms with Gasteiger partial charge < -0.3 is 14.5 Å². The molecule has 1 aliphatic heterocycles. The molecule has 0 saturated carbocycles. The number of hydrogen-bond acceptors (Lipinski definition) is 5. The molecule has 0 atom stereocenters. The highest BCUT2D eigenvalue weighted by Crippen LogP contribution is 2.44. The number of nitrogens with zero attached hydrogens (tertiary/aromatic N) is 2. The van der Waals surface area contributed by atoms with Gasteiger partial charge >= 0.3 is 5.97 Å². The van der Waals surface area contributed by atoms with Crippen molar-refractivity contribution in [2.75, 3.05) is 20.3 Å². The van der Waals surface area contributed by atoms with E-state index in [-0.39, 0.29) is 12.3 Å². The van der Waals surface area contributed by atoms with Crippen LogP contribution in [0, 0.1) is 3.57 Å². The second kappa shape index (κ2) is 11.2. The number of halogens is 1. The molecular weight excluding hydrogens is 587 g/mol. The lowest BCUT2D eigenvalue weighted by atomic mass is 9.76. The van der Waals surface area contributed by atoms with Crippen LogP contribution in [0.25, 0.3) is 0 Å². The number of ketones is 1. The van der Waals surface area contributed by atoms with Crippen LogP contribution in [0.15, 0.2) is 127 Å². The monoisotopic (exact) mass is 614 g/mol. The molecule has 0 aromatic heterocycles. The van der Waals surface area contributed by atoms with E-state index in [9.17, 15) is 9.59 Å². The van der Waals surface area contributed by atoms with Crippen LogP contribution in [0.1, 0.15) is 27.0 Å². The third kappa shape index (κ3) is 4.84. The molecule has 4 aromatic carbocycles. The van der Waals surface area contributed by atoms with Crippen molar-refractivity contribution < 1.29 is 14.3 Å². The van der Waals surface area contributed by atoms with Crippen molar-refractivity contribution in [2.24, 2.45) is 0 Å². The van der Waals surface area contributed by atoms with Crippen LogP contribution in [0.2, 0.25) is 0 Å². The van der Waals surface area contributed by atoms with Crippen molar-refractivity contribution in [1.29, 1.82) is 0 Å². The molecule has 0 saturated heterocycles. The van der Waals surface area contributed by atoms with Crippen LogP contribution in [-0.2, 0) is 15.1 Å². The largest absolute Gasteiger partial charge is 0.464 e. The Bertz CT molecular complexity index is 1360. The Morgan fingerprint density at radius 1 is 0.789 bits per heavy atom. The fourth-order valence-corrected chi connectivity index (χ4v) is 5.66. The van der Waals surface area contributed by atoms with Gasteiger partial charge in [0.15, 0.2) is 5.78 Å². The molecule has 190 valence electrons. The van der Waals surface area contributed by atoms with Crippen molar-refractivity contribution in [3.63, 3.8) is 0 Å². The molecule has 1 heterocycles. The number of ether oxygens (including phenoxy) is 1. The van der Waals surface area contributed by atoms with Gasteiger partial charge in [-0.1, -0.05) is 103 Å². The first-order valence-electron chi connectivity index (χ1n) is 12.3. The van der Waals surface area contributed by atoms with E-state index in [0.717, 1.165) is 20.3 Å². The first-order chi connectivity index (χ1) is 18.5. The Kier molecular flexibility index (Phi) is 7.60. The lowest BCUT2D eigenvalue weighted by molar-refractivity contribution is -0.137. The van der Waals surface area contributed by atoms with Gasteiger partial charge in [-0.05, 0) is 51.4 Å². The molecule has 6 heteroatoms. The topological polar surface area (TPSA) is 49.9 Å². The highest BCUT2D eigenvalue weighted by Gasteiger charge is 2.45. The van der Waals surface area contributed by atoms with E-state index in [4.69, 9.17) is 4.74 Å². The summed E-state index contributed by atoms with van der Waals surface area (Å²) < 4.78 is 6.14. The van der Waals surface area contributed by atoms with E-state index in [1.807, 2.05) is 85.1 Å². The summed E-state index contributed by atoms with van der Waals surface area (Å²) >= 11 is 2.20. The van der Waals surface area contributed by atoms with Gasteiger partial charge in [0.05, 0.1) is 20.3 Å². The normalized spacial score (nSPS) is 13.3. The summed E-state index contributed by atoms with van der Waals surface area (Å²) in [7, 11) is 1.37. The van der Waals surface area contributed by atoms with Crippen LogP contribution in [0.4, 0.5) is 0 Å². The van der Waals surface area contributed by atoms with Gasteiger partial charge in [0.25, 0.3) is 0 Å². The number of esters is 1. The molecule has 0 bridgehead atoms. The van der Waals surface area contributed by atoms with Gasteiger partial charge in [0.2, 0.25) is 0 Å². The fraction of sp³-hybridized carbons (Fsp3) is 0.125. The summed E-state index contributed by atoms with van der Waals surface area (Å²) in [5.41, 5.74) is 3.33. The van der Waals surface area contributed by atoms with Crippen molar-refractivity contribution in [2.45, 2.75) is 5.54 Å². The first-order valence-corrected chi connectivity index (χ1v) is 13.4. The van der Waals surface area contributed by atoms with Gasteiger partial charge in [-0.15, -0.1) is 0 Å². The fourth-order valence-electron chi connectivity index (χ4n) is 5.12. The molecule has 0 N–H and O–H groups in total. The maximum atomic E-state index is 13.3. The standard InChI is InChI=1S/C32H27IN2O3/c1-38-31(37)29-21-35(23-34(29)22-30(36)24-12-11-19-28(33)20-24)32(25-13-5-2-6-14-25,26-15-7-3-8-16-26)27-17-9-4-10-18-27/h2-21H,22-23H2,1H3. The van der Waals surface area contributed by atoms with Gasteiger partial charge in [-0.2, -0.15) is 0 Å². The Morgan fingerprint density at radius 2 is 1.32 bits per heavy atom. The molecule has 0 fully saturated rings. The SMILES string of the molecule is COC(=O)C1=CN(C(c2ccccc2)(c2ccccc2)c2ccccc2)CN1CC(=O)c1cccc(I)c1. The molecule has 5 rings (SSSR count). The molecule has 38 heavy (non-hydrogen) atoms. The van der Waals surface area contributed by atoms with E-state index >= 15 is 0 Å². The summed E-state index contributed by atoms with van der Waals surface area (Å²) in [6.07, 6.45) is 1.83. The van der Waals surface area contributed by atoms with E-state index < -0.39 is 11.5 Å². The van der Waals surface area contributed by atoms with Crippen molar-refractivity contribution in [1.82, 2.24) is 9.80 Å². The maximum absolute atomic E-state index is 13.3. The molecule has 0 aliphatic carbocycles. The number of rotatable bonds is 8. The summed E-state index contributed by atoms with van der Waals surface area (Å²) in [6.45, 7) is 0.366. The van der Waals surface area contributed by atoms with Gasteiger partial charge in [-0.3, -0.25) is 4.79 Å². The Balaban J connectivity index is 1.65. The third-order valence-corrected chi connectivity index (χ3v) is 7.49. The molecule has 0 amide bonds. The second-order valence-electron chi connectivity index (χ2n) is 9.06. The zero-order valence-electron chi connectivity index (χ0n) is 21.0. The Labute approximate surface area is 236 Å². The van der Waals surface area contributed by atoms with Crippen LogP contribution >= 0.6 is 22.6 Å². The highest BCUT2D eigenvalue weighted by molar-refractivity contribution is 14.1. The van der Waals surface area contributed by atoms with Crippen molar-refractivity contribution >= 4 is 34.3 Å². The van der Waals surface area contributed by atoms with Gasteiger partial charge in [0.1, 0.15) is 11.2 Å². The van der Waals surface area contributed by atoms with Gasteiger partial charge in [0, 0.05) is 15.3 Å². The first kappa shape index (κ1) is 25.7. The van der Waals surface area contributed by atoms with Crippen LogP contribution in [-0.4, -0.2) is 41.9 Å². The summed E-state index contributed by atoms with van der Waals surface area (Å²) in [6, 6.07) is 38.2. The quantitative estimate of drug-likeness (QED) is 0.105. The number of methoxy groups -OCH3 is 1. The minimum atomic E-state index is -0.761. The predicted molar refractivity (Wildman–Crippen MR) is 156 cm³/mol. The number of hydrogen-bond donors (Lipinski definition) is 0.